The topological polar surface area (TPSA) is 99.3 Å². The highest BCUT2D eigenvalue weighted by Crippen LogP contribution is 2.38. The van der Waals surface area contributed by atoms with Gasteiger partial charge in [-0.1, -0.05) is 20.8 Å². The average Bonchev–Trinajstić information content (AvgIpc) is 3.26. The molecule has 3 heterocycles. The van der Waals surface area contributed by atoms with E-state index in [4.69, 9.17) is 4.74 Å². The third-order valence-corrected chi connectivity index (χ3v) is 10.1. The van der Waals surface area contributed by atoms with E-state index in [0.717, 1.165) is 42.9 Å². The molecule has 1 aromatic heterocycles. The first-order chi connectivity index (χ1) is 17.8. The van der Waals surface area contributed by atoms with Crippen LogP contribution in [0, 0.1) is 0 Å². The third-order valence-electron chi connectivity index (χ3n) is 6.87. The number of amides is 2. The second-order valence-electron chi connectivity index (χ2n) is 9.21. The lowest BCUT2D eigenvalue weighted by Gasteiger charge is -2.29. The van der Waals surface area contributed by atoms with Crippen LogP contribution in [0.3, 0.4) is 0 Å². The number of nitrogens with one attached hydrogen (secondary N) is 1. The molecule has 11 heteroatoms. The SMILES string of the molecule is CCCN1CCc2c(sc(NC(=O)c3ccc(S(=O)(=O)N(CC)CC)cc3)c2C(=O)N2CCOCC2)C1. The summed E-state index contributed by atoms with van der Waals surface area (Å²) in [7, 11) is -3.61. The number of hydrogen-bond acceptors (Lipinski definition) is 7. The lowest BCUT2D eigenvalue weighted by atomic mass is 10.0. The summed E-state index contributed by atoms with van der Waals surface area (Å²) in [6.45, 7) is 11.2. The Kier molecular flexibility index (Phi) is 9.02. The van der Waals surface area contributed by atoms with Gasteiger partial charge in [0, 0.05) is 49.7 Å². The number of ether oxygens (including phenoxy) is 1. The molecule has 0 spiro atoms. The molecule has 2 aromatic rings. The highest BCUT2D eigenvalue weighted by Gasteiger charge is 2.32. The molecule has 2 aliphatic rings. The Morgan fingerprint density at radius 2 is 1.73 bits per heavy atom. The summed E-state index contributed by atoms with van der Waals surface area (Å²) in [5.41, 5.74) is 1.96. The van der Waals surface area contributed by atoms with Crippen molar-refractivity contribution in [3.8, 4) is 0 Å². The monoisotopic (exact) mass is 548 g/mol. The van der Waals surface area contributed by atoms with E-state index in [-0.39, 0.29) is 16.7 Å². The Labute approximate surface area is 223 Å². The van der Waals surface area contributed by atoms with Gasteiger partial charge in [-0.25, -0.2) is 8.42 Å². The fourth-order valence-electron chi connectivity index (χ4n) is 4.87. The van der Waals surface area contributed by atoms with E-state index in [2.05, 4.69) is 17.1 Å². The number of nitrogens with zero attached hydrogens (tertiary/aromatic N) is 3. The van der Waals surface area contributed by atoms with Crippen LogP contribution in [0.4, 0.5) is 5.00 Å². The minimum absolute atomic E-state index is 0.0688. The number of sulfonamides is 1. The maximum atomic E-state index is 13.6. The van der Waals surface area contributed by atoms with Gasteiger partial charge in [0.2, 0.25) is 10.0 Å². The Hall–Kier alpha value is -2.31. The van der Waals surface area contributed by atoms with Crippen LogP contribution < -0.4 is 5.32 Å². The van der Waals surface area contributed by atoms with E-state index in [1.807, 2.05) is 0 Å². The second kappa shape index (κ2) is 12.0. The van der Waals surface area contributed by atoms with Crippen molar-refractivity contribution in [1.82, 2.24) is 14.1 Å². The van der Waals surface area contributed by atoms with Gasteiger partial charge < -0.3 is 15.0 Å². The van der Waals surface area contributed by atoms with Crippen LogP contribution in [0.15, 0.2) is 29.2 Å². The molecule has 1 aromatic carbocycles. The number of carbonyl (C=O) groups excluding carboxylic acids is 2. The van der Waals surface area contributed by atoms with Crippen molar-refractivity contribution in [2.24, 2.45) is 0 Å². The fourth-order valence-corrected chi connectivity index (χ4v) is 7.60. The molecular weight excluding hydrogens is 512 g/mol. The summed E-state index contributed by atoms with van der Waals surface area (Å²) < 4.78 is 32.4. The Balaban J connectivity index is 1.60. The molecule has 1 saturated heterocycles. The lowest BCUT2D eigenvalue weighted by Crippen LogP contribution is -2.41. The Morgan fingerprint density at radius 1 is 1.05 bits per heavy atom. The van der Waals surface area contributed by atoms with Gasteiger partial charge in [0.05, 0.1) is 23.7 Å². The van der Waals surface area contributed by atoms with Crippen LogP contribution in [0.25, 0.3) is 0 Å². The van der Waals surface area contributed by atoms with Crippen LogP contribution in [0.2, 0.25) is 0 Å². The molecule has 37 heavy (non-hydrogen) atoms. The maximum absolute atomic E-state index is 13.6. The summed E-state index contributed by atoms with van der Waals surface area (Å²) in [4.78, 5) is 32.3. The first-order valence-electron chi connectivity index (χ1n) is 13.0. The van der Waals surface area contributed by atoms with E-state index in [1.165, 1.54) is 39.9 Å². The summed E-state index contributed by atoms with van der Waals surface area (Å²) >= 11 is 1.47. The van der Waals surface area contributed by atoms with Crippen LogP contribution in [-0.4, -0.2) is 86.8 Å². The second-order valence-corrected chi connectivity index (χ2v) is 12.2. The highest BCUT2D eigenvalue weighted by atomic mass is 32.2. The van der Waals surface area contributed by atoms with Crippen LogP contribution in [0.5, 0.6) is 0 Å². The molecule has 2 aliphatic heterocycles. The minimum atomic E-state index is -3.61. The predicted molar refractivity (Wildman–Crippen MR) is 145 cm³/mol. The molecule has 202 valence electrons. The zero-order chi connectivity index (χ0) is 26.6. The van der Waals surface area contributed by atoms with Crippen LogP contribution in [0.1, 0.15) is 58.3 Å². The van der Waals surface area contributed by atoms with Crippen molar-refractivity contribution >= 4 is 38.2 Å². The minimum Gasteiger partial charge on any atom is -0.378 e. The normalized spacial score (nSPS) is 16.6. The molecular formula is C26H36N4O5S2. The lowest BCUT2D eigenvalue weighted by molar-refractivity contribution is 0.0302. The van der Waals surface area contributed by atoms with Gasteiger partial charge in [0.1, 0.15) is 5.00 Å². The summed E-state index contributed by atoms with van der Waals surface area (Å²) in [5, 5.41) is 3.54. The predicted octanol–water partition coefficient (Wildman–Crippen LogP) is 3.27. The fraction of sp³-hybridized carbons (Fsp3) is 0.538. The number of rotatable bonds is 9. The third kappa shape index (κ3) is 5.91. The number of morpholine rings is 1. The van der Waals surface area contributed by atoms with Gasteiger partial charge in [0.25, 0.3) is 11.8 Å². The van der Waals surface area contributed by atoms with E-state index >= 15 is 0 Å². The number of carbonyl (C=O) groups is 2. The van der Waals surface area contributed by atoms with Gasteiger partial charge in [-0.3, -0.25) is 14.5 Å². The average molecular weight is 549 g/mol. The molecule has 0 saturated carbocycles. The van der Waals surface area contributed by atoms with Gasteiger partial charge in [-0.05, 0) is 49.2 Å². The van der Waals surface area contributed by atoms with E-state index in [0.29, 0.717) is 55.5 Å². The molecule has 0 bridgehead atoms. The molecule has 0 aliphatic carbocycles. The smallest absolute Gasteiger partial charge is 0.257 e. The Morgan fingerprint density at radius 3 is 2.35 bits per heavy atom. The summed E-state index contributed by atoms with van der Waals surface area (Å²) in [6, 6.07) is 5.96. The van der Waals surface area contributed by atoms with Crippen molar-refractivity contribution < 1.29 is 22.7 Å². The van der Waals surface area contributed by atoms with Gasteiger partial charge in [0.15, 0.2) is 0 Å². The molecule has 9 nitrogen and oxygen atoms in total. The van der Waals surface area contributed by atoms with E-state index in [1.54, 1.807) is 18.7 Å². The quantitative estimate of drug-likeness (QED) is 0.517. The highest BCUT2D eigenvalue weighted by molar-refractivity contribution is 7.89. The molecule has 2 amide bonds. The van der Waals surface area contributed by atoms with Gasteiger partial charge in [-0.15, -0.1) is 11.3 Å². The van der Waals surface area contributed by atoms with Crippen molar-refractivity contribution in [2.45, 2.75) is 45.1 Å². The van der Waals surface area contributed by atoms with Crippen molar-refractivity contribution in [3.05, 3.63) is 45.8 Å². The van der Waals surface area contributed by atoms with Crippen molar-refractivity contribution in [3.63, 3.8) is 0 Å². The molecule has 4 rings (SSSR count). The number of benzene rings is 1. The number of fused-ring (bicyclic) bond motifs is 1. The zero-order valence-corrected chi connectivity index (χ0v) is 23.4. The molecule has 0 atom stereocenters. The van der Waals surface area contributed by atoms with E-state index in [9.17, 15) is 18.0 Å². The maximum Gasteiger partial charge on any atom is 0.257 e. The first-order valence-corrected chi connectivity index (χ1v) is 15.2. The van der Waals surface area contributed by atoms with Crippen molar-refractivity contribution in [2.75, 3.05) is 57.8 Å². The van der Waals surface area contributed by atoms with Crippen molar-refractivity contribution in [1.29, 1.82) is 0 Å². The van der Waals surface area contributed by atoms with Gasteiger partial charge in [-0.2, -0.15) is 4.31 Å². The number of hydrogen-bond donors (Lipinski definition) is 1. The number of anilines is 1. The van der Waals surface area contributed by atoms with Gasteiger partial charge >= 0.3 is 0 Å². The molecule has 1 N–H and O–H groups in total. The first kappa shape index (κ1) is 27.7. The largest absolute Gasteiger partial charge is 0.378 e. The summed E-state index contributed by atoms with van der Waals surface area (Å²) in [6.07, 6.45) is 1.83. The van der Waals surface area contributed by atoms with Crippen LogP contribution in [-0.2, 0) is 27.7 Å². The molecule has 1 fully saturated rings. The van der Waals surface area contributed by atoms with Crippen LogP contribution >= 0.6 is 11.3 Å². The molecule has 0 unspecified atom stereocenters. The Bertz CT molecular complexity index is 1220. The van der Waals surface area contributed by atoms with E-state index < -0.39 is 10.0 Å². The summed E-state index contributed by atoms with van der Waals surface area (Å²) in [5.74, 6) is -0.437. The standard InChI is InChI=1S/C26H36N4O5S2/c1-4-12-28-13-11-21-22(18-28)36-25(23(21)26(32)29-14-16-35-17-15-29)27-24(31)19-7-9-20(10-8-19)37(33,34)30(5-2)6-3/h7-10H,4-6,11-18H2,1-3H3,(H,27,31). The number of thiophene rings is 1. The zero-order valence-electron chi connectivity index (χ0n) is 21.8. The molecule has 0 radical (unpaired) electrons.